The van der Waals surface area contributed by atoms with E-state index in [1.165, 1.54) is 0 Å². The molecule has 0 atom stereocenters. The first kappa shape index (κ1) is 25.1. The number of hydrogen-bond acceptors (Lipinski definition) is 7. The molecule has 2 amide bonds. The summed E-state index contributed by atoms with van der Waals surface area (Å²) in [5, 5.41) is 3.11. The van der Waals surface area contributed by atoms with E-state index in [-0.39, 0.29) is 12.6 Å². The van der Waals surface area contributed by atoms with Crippen molar-refractivity contribution in [1.29, 1.82) is 0 Å². The van der Waals surface area contributed by atoms with E-state index in [9.17, 15) is 4.79 Å². The summed E-state index contributed by atoms with van der Waals surface area (Å²) in [6.07, 6.45) is 9.01. The average Bonchev–Trinajstić information content (AvgIpc) is 2.90. The standard InChI is InChI=1S/C27H31N7O2/c1-5-22-7-6-8-23(30-22)19-34(25-17-24(32(3)4)10-12-29-25)27(35)31-26-20(2)28-11-9-21(26)18-33-13-15-36-16-14-33/h1,6-12,17H,13-16,18-19H2,2-4H3,(H,31,35). The molecule has 36 heavy (non-hydrogen) atoms. The molecule has 0 unspecified atom stereocenters. The number of morpholine rings is 1. The molecule has 0 aliphatic carbocycles. The van der Waals surface area contributed by atoms with Gasteiger partial charge in [0.15, 0.2) is 0 Å². The van der Waals surface area contributed by atoms with Crippen molar-refractivity contribution >= 4 is 23.2 Å². The summed E-state index contributed by atoms with van der Waals surface area (Å²) in [6.45, 7) is 5.89. The molecule has 9 nitrogen and oxygen atoms in total. The molecule has 4 heterocycles. The van der Waals surface area contributed by atoms with Crippen LogP contribution in [0.3, 0.4) is 0 Å². The van der Waals surface area contributed by atoms with Gasteiger partial charge in [0, 0.05) is 57.9 Å². The highest BCUT2D eigenvalue weighted by molar-refractivity contribution is 6.02. The Bertz CT molecular complexity index is 1250. The van der Waals surface area contributed by atoms with E-state index in [2.05, 4.69) is 31.1 Å². The minimum atomic E-state index is -0.328. The molecular formula is C27H31N7O2. The summed E-state index contributed by atoms with van der Waals surface area (Å²) >= 11 is 0. The molecule has 0 radical (unpaired) electrons. The van der Waals surface area contributed by atoms with Gasteiger partial charge in [0.05, 0.1) is 36.8 Å². The van der Waals surface area contributed by atoms with Gasteiger partial charge in [-0.15, -0.1) is 6.42 Å². The van der Waals surface area contributed by atoms with Gasteiger partial charge < -0.3 is 15.0 Å². The summed E-state index contributed by atoms with van der Waals surface area (Å²) in [7, 11) is 3.89. The maximum atomic E-state index is 13.8. The van der Waals surface area contributed by atoms with Crippen LogP contribution in [0.4, 0.5) is 22.0 Å². The molecule has 1 fully saturated rings. The molecular weight excluding hydrogens is 454 g/mol. The van der Waals surface area contributed by atoms with E-state index < -0.39 is 0 Å². The van der Waals surface area contributed by atoms with E-state index in [1.54, 1.807) is 23.4 Å². The van der Waals surface area contributed by atoms with Crippen LogP contribution in [-0.4, -0.2) is 66.3 Å². The van der Waals surface area contributed by atoms with E-state index >= 15 is 0 Å². The first-order chi connectivity index (χ1) is 17.4. The third-order valence-corrected chi connectivity index (χ3v) is 6.00. The Hall–Kier alpha value is -4.00. The van der Waals surface area contributed by atoms with Crippen LogP contribution in [0.15, 0.2) is 48.8 Å². The van der Waals surface area contributed by atoms with Gasteiger partial charge in [-0.1, -0.05) is 12.0 Å². The topological polar surface area (TPSA) is 86.7 Å². The fourth-order valence-electron chi connectivity index (χ4n) is 4.00. The molecule has 1 aliphatic rings. The Morgan fingerprint density at radius 3 is 2.69 bits per heavy atom. The Kier molecular flexibility index (Phi) is 8.10. The Balaban J connectivity index is 1.65. The highest BCUT2D eigenvalue weighted by Crippen LogP contribution is 2.25. The molecule has 3 aromatic rings. The number of ether oxygens (including phenoxy) is 1. The molecule has 3 aromatic heterocycles. The number of rotatable bonds is 7. The Morgan fingerprint density at radius 2 is 1.94 bits per heavy atom. The third-order valence-electron chi connectivity index (χ3n) is 6.00. The Labute approximate surface area is 212 Å². The minimum Gasteiger partial charge on any atom is -0.379 e. The number of aryl methyl sites for hydroxylation is 1. The molecule has 0 saturated carbocycles. The lowest BCUT2D eigenvalue weighted by atomic mass is 10.1. The lowest BCUT2D eigenvalue weighted by molar-refractivity contribution is 0.0342. The zero-order valence-corrected chi connectivity index (χ0v) is 20.9. The molecule has 1 N–H and O–H groups in total. The van der Waals surface area contributed by atoms with Crippen molar-refractivity contribution in [2.45, 2.75) is 20.0 Å². The second-order valence-corrected chi connectivity index (χ2v) is 8.76. The van der Waals surface area contributed by atoms with E-state index in [1.807, 2.05) is 56.3 Å². The van der Waals surface area contributed by atoms with E-state index in [0.29, 0.717) is 42.7 Å². The largest absolute Gasteiger partial charge is 0.379 e. The predicted molar refractivity (Wildman–Crippen MR) is 141 cm³/mol. The van der Waals surface area contributed by atoms with Crippen molar-refractivity contribution in [3.05, 3.63) is 71.4 Å². The van der Waals surface area contributed by atoms with Gasteiger partial charge in [-0.2, -0.15) is 0 Å². The second-order valence-electron chi connectivity index (χ2n) is 8.76. The highest BCUT2D eigenvalue weighted by atomic mass is 16.5. The molecule has 0 bridgehead atoms. The molecule has 0 aromatic carbocycles. The van der Waals surface area contributed by atoms with E-state index in [4.69, 9.17) is 11.2 Å². The van der Waals surface area contributed by atoms with E-state index in [0.717, 1.165) is 30.0 Å². The smallest absolute Gasteiger partial charge is 0.327 e. The monoisotopic (exact) mass is 485 g/mol. The van der Waals surface area contributed by atoms with Crippen molar-refractivity contribution in [3.8, 4) is 12.3 Å². The van der Waals surface area contributed by atoms with Crippen LogP contribution in [0.2, 0.25) is 0 Å². The van der Waals surface area contributed by atoms with Gasteiger partial charge in [-0.05, 0) is 36.8 Å². The number of hydrogen-bond donors (Lipinski definition) is 1. The summed E-state index contributed by atoms with van der Waals surface area (Å²) in [5.74, 6) is 3.06. The summed E-state index contributed by atoms with van der Waals surface area (Å²) < 4.78 is 5.48. The van der Waals surface area contributed by atoms with Crippen LogP contribution in [0, 0.1) is 19.3 Å². The molecule has 1 aliphatic heterocycles. The first-order valence-corrected chi connectivity index (χ1v) is 11.8. The van der Waals surface area contributed by atoms with Crippen LogP contribution < -0.4 is 15.1 Å². The fourth-order valence-corrected chi connectivity index (χ4v) is 4.00. The number of carbonyl (C=O) groups is 1. The number of anilines is 3. The average molecular weight is 486 g/mol. The summed E-state index contributed by atoms with van der Waals surface area (Å²) in [4.78, 5) is 33.0. The zero-order valence-electron chi connectivity index (χ0n) is 20.9. The van der Waals surface area contributed by atoms with Crippen LogP contribution >= 0.6 is 0 Å². The first-order valence-electron chi connectivity index (χ1n) is 11.8. The van der Waals surface area contributed by atoms with Crippen molar-refractivity contribution in [1.82, 2.24) is 19.9 Å². The third kappa shape index (κ3) is 6.16. The lowest BCUT2D eigenvalue weighted by Crippen LogP contribution is -2.37. The molecule has 186 valence electrons. The number of carbonyl (C=O) groups excluding carboxylic acids is 1. The SMILES string of the molecule is C#Cc1cccc(CN(C(=O)Nc2c(CN3CCOCC3)ccnc2C)c2cc(N(C)C)ccn2)n1. The maximum Gasteiger partial charge on any atom is 0.327 e. The number of nitrogens with one attached hydrogen (secondary N) is 1. The number of nitrogens with zero attached hydrogens (tertiary/aromatic N) is 6. The minimum absolute atomic E-state index is 0.198. The second kappa shape index (κ2) is 11.6. The molecule has 0 spiro atoms. The van der Waals surface area contributed by atoms with Crippen LogP contribution in [-0.2, 0) is 17.8 Å². The maximum absolute atomic E-state index is 13.8. The predicted octanol–water partition coefficient (Wildman–Crippen LogP) is 3.30. The molecule has 4 rings (SSSR count). The normalized spacial score (nSPS) is 13.6. The van der Waals surface area contributed by atoms with Crippen molar-refractivity contribution in [3.63, 3.8) is 0 Å². The van der Waals surface area contributed by atoms with Crippen molar-refractivity contribution < 1.29 is 9.53 Å². The van der Waals surface area contributed by atoms with Gasteiger partial charge >= 0.3 is 6.03 Å². The summed E-state index contributed by atoms with van der Waals surface area (Å²) in [6, 6.07) is 10.8. The van der Waals surface area contributed by atoms with Crippen molar-refractivity contribution in [2.75, 3.05) is 55.5 Å². The zero-order chi connectivity index (χ0) is 25.5. The lowest BCUT2D eigenvalue weighted by Gasteiger charge is -2.28. The number of terminal acetylenes is 1. The number of pyridine rings is 3. The van der Waals surface area contributed by atoms with Gasteiger partial charge in [-0.3, -0.25) is 14.8 Å². The number of amides is 2. The Morgan fingerprint density at radius 1 is 1.17 bits per heavy atom. The number of aromatic nitrogens is 3. The summed E-state index contributed by atoms with van der Waals surface area (Å²) in [5.41, 5.74) is 4.55. The van der Waals surface area contributed by atoms with Gasteiger partial charge in [0.2, 0.25) is 0 Å². The van der Waals surface area contributed by atoms with Gasteiger partial charge in [-0.25, -0.2) is 14.8 Å². The van der Waals surface area contributed by atoms with Crippen LogP contribution in [0.5, 0.6) is 0 Å². The van der Waals surface area contributed by atoms with Crippen LogP contribution in [0.1, 0.15) is 22.6 Å². The van der Waals surface area contributed by atoms with Gasteiger partial charge in [0.1, 0.15) is 11.5 Å². The fraction of sp³-hybridized carbons (Fsp3) is 0.333. The van der Waals surface area contributed by atoms with Gasteiger partial charge in [0.25, 0.3) is 0 Å². The van der Waals surface area contributed by atoms with Crippen molar-refractivity contribution in [2.24, 2.45) is 0 Å². The number of urea groups is 1. The highest BCUT2D eigenvalue weighted by Gasteiger charge is 2.22. The van der Waals surface area contributed by atoms with Crippen LogP contribution in [0.25, 0.3) is 0 Å². The molecule has 1 saturated heterocycles. The quantitative estimate of drug-likeness (QED) is 0.514. The molecule has 9 heteroatoms.